The largest absolute Gasteiger partial charge is 0.297 e. The number of ketones is 1. The van der Waals surface area contributed by atoms with Crippen LogP contribution in [-0.4, -0.2) is 5.78 Å². The summed E-state index contributed by atoms with van der Waals surface area (Å²) in [4.78, 5) is 11.8. The van der Waals surface area contributed by atoms with Crippen LogP contribution in [0.2, 0.25) is 0 Å². The Bertz CT molecular complexity index is 311. The molecule has 0 radical (unpaired) electrons. The van der Waals surface area contributed by atoms with E-state index in [1.165, 1.54) is 0 Å². The van der Waals surface area contributed by atoms with Crippen molar-refractivity contribution in [3.8, 4) is 0 Å². The molecule has 76 valence electrons. The van der Waals surface area contributed by atoms with Gasteiger partial charge in [-0.15, -0.1) is 11.6 Å². The predicted molar refractivity (Wildman–Crippen MR) is 59.5 cm³/mol. The smallest absolute Gasteiger partial charge is 0.160 e. The average Bonchev–Trinajstić information content (AvgIpc) is 2.15. The maximum atomic E-state index is 11.8. The third-order valence-electron chi connectivity index (χ3n) is 2.06. The summed E-state index contributed by atoms with van der Waals surface area (Å²) >= 11 is 6.09. The van der Waals surface area contributed by atoms with Crippen LogP contribution in [0.25, 0.3) is 0 Å². The first kappa shape index (κ1) is 11.3. The van der Waals surface area contributed by atoms with E-state index in [2.05, 4.69) is 0 Å². The summed E-state index contributed by atoms with van der Waals surface area (Å²) in [6.45, 7) is 5.65. The van der Waals surface area contributed by atoms with Gasteiger partial charge in [0.05, 0.1) is 0 Å². The standard InChI is InChI=1S/C12H15ClO/c1-12(2,3)11(14)10(13)9-7-5-4-6-8-9/h4-8,10H,1-3H3. The first-order valence-corrected chi connectivity index (χ1v) is 5.10. The lowest BCUT2D eigenvalue weighted by Gasteiger charge is -2.20. The molecule has 0 fully saturated rings. The molecule has 0 bridgehead atoms. The van der Waals surface area contributed by atoms with E-state index in [1.54, 1.807) is 0 Å². The van der Waals surface area contributed by atoms with Crippen molar-refractivity contribution in [3.63, 3.8) is 0 Å². The molecule has 14 heavy (non-hydrogen) atoms. The highest BCUT2D eigenvalue weighted by Gasteiger charge is 2.28. The minimum Gasteiger partial charge on any atom is -0.297 e. The van der Waals surface area contributed by atoms with Crippen molar-refractivity contribution in [2.24, 2.45) is 5.41 Å². The molecule has 2 heteroatoms. The molecule has 0 saturated heterocycles. The number of halogens is 1. The van der Waals surface area contributed by atoms with Gasteiger partial charge in [0.1, 0.15) is 5.38 Å². The Morgan fingerprint density at radius 2 is 1.71 bits per heavy atom. The Hall–Kier alpha value is -0.820. The van der Waals surface area contributed by atoms with Gasteiger partial charge in [0.2, 0.25) is 0 Å². The fourth-order valence-corrected chi connectivity index (χ4v) is 1.63. The second-order valence-electron chi connectivity index (χ2n) is 4.39. The molecule has 0 aliphatic rings. The molecular weight excluding hydrogens is 196 g/mol. The third-order valence-corrected chi connectivity index (χ3v) is 2.51. The molecule has 0 aliphatic carbocycles. The number of rotatable bonds is 2. The molecule has 1 aromatic carbocycles. The fourth-order valence-electron chi connectivity index (χ4n) is 1.15. The summed E-state index contributed by atoms with van der Waals surface area (Å²) in [6, 6.07) is 9.44. The van der Waals surface area contributed by atoms with Gasteiger partial charge in [-0.1, -0.05) is 51.1 Å². The third kappa shape index (κ3) is 2.58. The van der Waals surface area contributed by atoms with E-state index in [0.717, 1.165) is 5.56 Å². The molecule has 1 rings (SSSR count). The highest BCUT2D eigenvalue weighted by Crippen LogP contribution is 2.30. The van der Waals surface area contributed by atoms with Crippen LogP contribution in [0.15, 0.2) is 30.3 Å². The van der Waals surface area contributed by atoms with Gasteiger partial charge in [-0.2, -0.15) is 0 Å². The summed E-state index contributed by atoms with van der Waals surface area (Å²) < 4.78 is 0. The number of Topliss-reactive ketones (excluding diaryl/α,β-unsaturated/α-hetero) is 1. The quantitative estimate of drug-likeness (QED) is 0.682. The SMILES string of the molecule is CC(C)(C)C(=O)C(Cl)c1ccccc1. The molecule has 0 heterocycles. The lowest BCUT2D eigenvalue weighted by atomic mass is 9.87. The second-order valence-corrected chi connectivity index (χ2v) is 4.82. The van der Waals surface area contributed by atoms with Crippen molar-refractivity contribution in [3.05, 3.63) is 35.9 Å². The number of benzene rings is 1. The summed E-state index contributed by atoms with van der Waals surface area (Å²) in [5.74, 6) is 0.0605. The van der Waals surface area contributed by atoms with Gasteiger partial charge in [0.25, 0.3) is 0 Å². The molecule has 0 saturated carbocycles. The van der Waals surface area contributed by atoms with E-state index in [4.69, 9.17) is 11.6 Å². The molecule has 0 aliphatic heterocycles. The zero-order valence-corrected chi connectivity index (χ0v) is 9.51. The van der Waals surface area contributed by atoms with Gasteiger partial charge in [-0.05, 0) is 5.56 Å². The molecule has 0 spiro atoms. The van der Waals surface area contributed by atoms with Crippen molar-refractivity contribution in [1.29, 1.82) is 0 Å². The highest BCUT2D eigenvalue weighted by molar-refractivity contribution is 6.31. The van der Waals surface area contributed by atoms with Crippen molar-refractivity contribution in [2.45, 2.75) is 26.1 Å². The molecule has 1 atom stereocenters. The van der Waals surface area contributed by atoms with Gasteiger partial charge in [-0.3, -0.25) is 4.79 Å². The Kier molecular flexibility index (Phi) is 3.33. The van der Waals surface area contributed by atoms with Crippen LogP contribution in [-0.2, 0) is 4.79 Å². The lowest BCUT2D eigenvalue weighted by Crippen LogP contribution is -2.24. The van der Waals surface area contributed by atoms with Gasteiger partial charge in [-0.25, -0.2) is 0 Å². The minimum absolute atomic E-state index is 0.0605. The van der Waals surface area contributed by atoms with Crippen molar-refractivity contribution in [1.82, 2.24) is 0 Å². The second kappa shape index (κ2) is 4.14. The molecule has 0 amide bonds. The molecule has 1 aromatic rings. The molecular formula is C12H15ClO. The summed E-state index contributed by atoms with van der Waals surface area (Å²) in [6.07, 6.45) is 0. The van der Waals surface area contributed by atoms with Gasteiger partial charge in [0.15, 0.2) is 5.78 Å². The van der Waals surface area contributed by atoms with Crippen LogP contribution >= 0.6 is 11.6 Å². The van der Waals surface area contributed by atoms with E-state index in [9.17, 15) is 4.79 Å². The van der Waals surface area contributed by atoms with Crippen LogP contribution in [0.5, 0.6) is 0 Å². The van der Waals surface area contributed by atoms with E-state index < -0.39 is 5.38 Å². The van der Waals surface area contributed by atoms with E-state index in [1.807, 2.05) is 51.1 Å². The maximum Gasteiger partial charge on any atom is 0.160 e. The average molecular weight is 211 g/mol. The van der Waals surface area contributed by atoms with E-state index in [-0.39, 0.29) is 11.2 Å². The summed E-state index contributed by atoms with van der Waals surface area (Å²) in [7, 11) is 0. The van der Waals surface area contributed by atoms with Gasteiger partial charge in [0, 0.05) is 5.41 Å². The molecule has 1 nitrogen and oxygen atoms in total. The maximum absolute atomic E-state index is 11.8. The van der Waals surface area contributed by atoms with Gasteiger partial charge >= 0.3 is 0 Å². The number of hydrogen-bond donors (Lipinski definition) is 0. The minimum atomic E-state index is -0.531. The van der Waals surface area contributed by atoms with Crippen LogP contribution < -0.4 is 0 Å². The van der Waals surface area contributed by atoms with E-state index in [0.29, 0.717) is 0 Å². The first-order chi connectivity index (χ1) is 6.43. The normalized spacial score (nSPS) is 13.7. The van der Waals surface area contributed by atoms with Gasteiger partial charge < -0.3 is 0 Å². The molecule has 0 aromatic heterocycles. The molecule has 0 N–H and O–H groups in total. The van der Waals surface area contributed by atoms with Crippen LogP contribution in [0.4, 0.5) is 0 Å². The Balaban J connectivity index is 2.87. The van der Waals surface area contributed by atoms with Crippen LogP contribution in [0, 0.1) is 5.41 Å². The van der Waals surface area contributed by atoms with Crippen molar-refractivity contribution < 1.29 is 4.79 Å². The first-order valence-electron chi connectivity index (χ1n) is 4.66. The number of carbonyl (C=O) groups is 1. The lowest BCUT2D eigenvalue weighted by molar-refractivity contribution is -0.126. The number of carbonyl (C=O) groups excluding carboxylic acids is 1. The monoisotopic (exact) mass is 210 g/mol. The van der Waals surface area contributed by atoms with Crippen LogP contribution in [0.1, 0.15) is 31.7 Å². The van der Waals surface area contributed by atoms with Crippen molar-refractivity contribution in [2.75, 3.05) is 0 Å². The molecule has 1 unspecified atom stereocenters. The number of hydrogen-bond acceptors (Lipinski definition) is 1. The zero-order chi connectivity index (χ0) is 10.8. The topological polar surface area (TPSA) is 17.1 Å². The summed E-state index contributed by atoms with van der Waals surface area (Å²) in [5, 5.41) is -0.531. The number of alkyl halides is 1. The zero-order valence-electron chi connectivity index (χ0n) is 8.75. The Labute approximate surface area is 90.1 Å². The van der Waals surface area contributed by atoms with Crippen LogP contribution in [0.3, 0.4) is 0 Å². The highest BCUT2D eigenvalue weighted by atomic mass is 35.5. The Morgan fingerprint density at radius 1 is 1.21 bits per heavy atom. The van der Waals surface area contributed by atoms with E-state index >= 15 is 0 Å². The predicted octanol–water partition coefficient (Wildman–Crippen LogP) is 3.58. The van der Waals surface area contributed by atoms with Crippen molar-refractivity contribution >= 4 is 17.4 Å². The fraction of sp³-hybridized carbons (Fsp3) is 0.417. The summed E-state index contributed by atoms with van der Waals surface area (Å²) in [5.41, 5.74) is 0.483. The Morgan fingerprint density at radius 3 is 2.14 bits per heavy atom.